The minimum atomic E-state index is -0.891. The number of aliphatic hydroxyl groups excluding tert-OH is 1. The van der Waals surface area contributed by atoms with Gasteiger partial charge in [0.15, 0.2) is 0 Å². The Labute approximate surface area is 219 Å². The summed E-state index contributed by atoms with van der Waals surface area (Å²) in [6, 6.07) is 18.4. The van der Waals surface area contributed by atoms with Gasteiger partial charge in [-0.1, -0.05) is 42.5 Å². The predicted molar refractivity (Wildman–Crippen MR) is 141 cm³/mol. The molecule has 0 bridgehead atoms. The molecule has 4 N–H and O–H groups in total. The molecule has 0 fully saturated rings. The van der Waals surface area contributed by atoms with Crippen LogP contribution in [0.25, 0.3) is 16.8 Å². The number of hydrogen-bond acceptors (Lipinski definition) is 6. The van der Waals surface area contributed by atoms with Crippen LogP contribution in [0, 0.1) is 5.82 Å². The van der Waals surface area contributed by atoms with Crippen molar-refractivity contribution in [3.8, 4) is 16.8 Å². The molecule has 1 aromatic heterocycles. The topological polar surface area (TPSA) is 113 Å². The highest BCUT2D eigenvalue weighted by Gasteiger charge is 2.34. The van der Waals surface area contributed by atoms with Gasteiger partial charge in [-0.15, -0.1) is 0 Å². The third-order valence-electron chi connectivity index (χ3n) is 6.78. The number of amides is 1. The summed E-state index contributed by atoms with van der Waals surface area (Å²) in [7, 11) is 1.92. The summed E-state index contributed by atoms with van der Waals surface area (Å²) >= 11 is 0. The molecule has 194 valence electrons. The van der Waals surface area contributed by atoms with E-state index in [1.54, 1.807) is 34.9 Å². The number of aromatic nitrogens is 2. The molecule has 38 heavy (non-hydrogen) atoms. The lowest BCUT2D eigenvalue weighted by Gasteiger charge is -2.24. The molecule has 8 nitrogen and oxygen atoms in total. The van der Waals surface area contributed by atoms with E-state index in [1.165, 1.54) is 12.4 Å². The van der Waals surface area contributed by atoms with Crippen LogP contribution in [0.5, 0.6) is 0 Å². The number of hydrogen-bond donors (Lipinski definition) is 3. The predicted octanol–water partition coefficient (Wildman–Crippen LogP) is 3.23. The summed E-state index contributed by atoms with van der Waals surface area (Å²) in [6.07, 6.45) is 1.52. The molecular weight excluding hydrogens is 485 g/mol. The lowest BCUT2D eigenvalue weighted by molar-refractivity contribution is 0.0919. The smallest absolute Gasteiger partial charge is 0.248 e. The van der Waals surface area contributed by atoms with E-state index in [-0.39, 0.29) is 24.5 Å². The molecule has 9 heteroatoms. The zero-order valence-electron chi connectivity index (χ0n) is 20.9. The Morgan fingerprint density at radius 1 is 1.18 bits per heavy atom. The van der Waals surface area contributed by atoms with Gasteiger partial charge in [0, 0.05) is 36.4 Å². The van der Waals surface area contributed by atoms with Crippen LogP contribution in [0.15, 0.2) is 73.1 Å². The number of nitrogens with zero attached hydrogens (tertiary/aromatic N) is 3. The van der Waals surface area contributed by atoms with Gasteiger partial charge in [-0.25, -0.2) is 9.37 Å². The maximum Gasteiger partial charge on any atom is 0.248 e. The fourth-order valence-electron chi connectivity index (χ4n) is 4.87. The molecule has 0 spiro atoms. The molecule has 1 aliphatic heterocycles. The zero-order chi connectivity index (χ0) is 26.8. The number of ketones is 1. The summed E-state index contributed by atoms with van der Waals surface area (Å²) in [5, 5.41) is 12.3. The summed E-state index contributed by atoms with van der Waals surface area (Å²) in [6.45, 7) is 1.48. The van der Waals surface area contributed by atoms with Crippen LogP contribution in [0.4, 0.5) is 4.39 Å². The highest BCUT2D eigenvalue weighted by molar-refractivity contribution is 6.02. The molecule has 0 radical (unpaired) electrons. The summed E-state index contributed by atoms with van der Waals surface area (Å²) in [4.78, 5) is 31.6. The van der Waals surface area contributed by atoms with Crippen molar-refractivity contribution in [2.45, 2.75) is 19.1 Å². The molecule has 1 atom stereocenters. The van der Waals surface area contributed by atoms with E-state index in [0.717, 1.165) is 11.1 Å². The Balaban J connectivity index is 1.46. The molecule has 0 saturated carbocycles. The lowest BCUT2D eigenvalue weighted by atomic mass is 9.92. The maximum absolute atomic E-state index is 15.6. The molecule has 0 saturated heterocycles. The van der Waals surface area contributed by atoms with E-state index >= 15 is 4.39 Å². The highest BCUT2D eigenvalue weighted by atomic mass is 19.1. The van der Waals surface area contributed by atoms with Gasteiger partial charge in [-0.2, -0.15) is 0 Å². The van der Waals surface area contributed by atoms with Gasteiger partial charge in [-0.05, 0) is 48.0 Å². The van der Waals surface area contributed by atoms with E-state index in [0.29, 0.717) is 41.3 Å². The van der Waals surface area contributed by atoms with E-state index in [9.17, 15) is 14.7 Å². The third kappa shape index (κ3) is 4.87. The van der Waals surface area contributed by atoms with Crippen molar-refractivity contribution in [3.63, 3.8) is 0 Å². The first kappa shape index (κ1) is 25.5. The third-order valence-corrected chi connectivity index (χ3v) is 6.78. The quantitative estimate of drug-likeness (QED) is 0.333. The maximum atomic E-state index is 15.6. The van der Waals surface area contributed by atoms with Gasteiger partial charge in [0.25, 0.3) is 0 Å². The number of carbonyl (C=O) groups excluding carboxylic acids is 2. The summed E-state index contributed by atoms with van der Waals surface area (Å²) in [5.74, 6) is -1.38. The molecule has 0 aliphatic carbocycles. The SMILES string of the molecule is CN(CCO)Cc1ccccc1-c1ccc(C2NCc3ncn(-c4cccc(C(N)=O)c4)c3C2=O)c(F)c1. The Morgan fingerprint density at radius 3 is 2.76 bits per heavy atom. The van der Waals surface area contributed by atoms with Crippen molar-refractivity contribution in [1.29, 1.82) is 0 Å². The standard InChI is InChI=1S/C29H28FN5O3/c1-34(11-12-36)16-20-5-2-3-8-22(20)18-9-10-23(24(30)14-18)26-28(37)27-25(15-32-26)33-17-35(27)21-7-4-6-19(13-21)29(31)38/h2-10,13-14,17,26,32,36H,11-12,15-16H2,1H3,(H2,31,38). The number of imidazole rings is 1. The van der Waals surface area contributed by atoms with Gasteiger partial charge in [0.1, 0.15) is 23.9 Å². The average Bonchev–Trinajstić information content (AvgIpc) is 3.35. The number of likely N-dealkylation sites (N-methyl/N-ethyl adjacent to an activating group) is 1. The van der Waals surface area contributed by atoms with Crippen LogP contribution in [-0.2, 0) is 13.1 Å². The molecule has 1 aliphatic rings. The van der Waals surface area contributed by atoms with Crippen LogP contribution >= 0.6 is 0 Å². The molecule has 1 amide bonds. The Kier molecular flexibility index (Phi) is 7.15. The number of fused-ring (bicyclic) bond motifs is 1. The first-order chi connectivity index (χ1) is 18.4. The van der Waals surface area contributed by atoms with Crippen molar-refractivity contribution in [2.24, 2.45) is 5.73 Å². The fraction of sp³-hybridized carbons (Fsp3) is 0.207. The molecule has 4 aromatic rings. The van der Waals surface area contributed by atoms with E-state index < -0.39 is 17.8 Å². The molecule has 1 unspecified atom stereocenters. The largest absolute Gasteiger partial charge is 0.395 e. The van der Waals surface area contributed by atoms with Crippen LogP contribution in [-0.4, -0.2) is 51.4 Å². The monoisotopic (exact) mass is 513 g/mol. The summed E-state index contributed by atoms with van der Waals surface area (Å²) in [5.41, 5.74) is 10.1. The second-order valence-corrected chi connectivity index (χ2v) is 9.36. The van der Waals surface area contributed by atoms with Crippen molar-refractivity contribution >= 4 is 11.7 Å². The van der Waals surface area contributed by atoms with Gasteiger partial charge >= 0.3 is 0 Å². The first-order valence-corrected chi connectivity index (χ1v) is 12.3. The number of Topliss-reactive ketones (excluding diaryl/α,β-unsaturated/α-hetero) is 1. The van der Waals surface area contributed by atoms with Crippen LogP contribution in [0.3, 0.4) is 0 Å². The first-order valence-electron chi connectivity index (χ1n) is 12.3. The van der Waals surface area contributed by atoms with Gasteiger partial charge in [0.2, 0.25) is 11.7 Å². The van der Waals surface area contributed by atoms with Crippen LogP contribution < -0.4 is 11.1 Å². The van der Waals surface area contributed by atoms with Crippen molar-refractivity contribution in [2.75, 3.05) is 20.2 Å². The van der Waals surface area contributed by atoms with Gasteiger partial charge in [0.05, 0.1) is 12.3 Å². The van der Waals surface area contributed by atoms with Gasteiger partial charge < -0.3 is 10.8 Å². The normalized spacial score (nSPS) is 15.1. The molecule has 3 aromatic carbocycles. The van der Waals surface area contributed by atoms with Crippen molar-refractivity contribution < 1.29 is 19.1 Å². The Morgan fingerprint density at radius 2 is 2.00 bits per heavy atom. The average molecular weight is 514 g/mol. The second kappa shape index (κ2) is 10.7. The lowest BCUT2D eigenvalue weighted by Crippen LogP contribution is -2.36. The number of aliphatic hydroxyl groups is 1. The van der Waals surface area contributed by atoms with E-state index in [4.69, 9.17) is 5.73 Å². The second-order valence-electron chi connectivity index (χ2n) is 9.36. The number of nitrogens with one attached hydrogen (secondary N) is 1. The van der Waals surface area contributed by atoms with Crippen molar-refractivity contribution in [3.05, 3.63) is 107 Å². The van der Waals surface area contributed by atoms with E-state index in [2.05, 4.69) is 10.3 Å². The van der Waals surface area contributed by atoms with E-state index in [1.807, 2.05) is 42.3 Å². The number of rotatable bonds is 8. The minimum Gasteiger partial charge on any atom is -0.395 e. The van der Waals surface area contributed by atoms with Crippen molar-refractivity contribution in [1.82, 2.24) is 19.8 Å². The zero-order valence-corrected chi connectivity index (χ0v) is 20.9. The highest BCUT2D eigenvalue weighted by Crippen LogP contribution is 2.32. The van der Waals surface area contributed by atoms with Gasteiger partial charge in [-0.3, -0.25) is 24.4 Å². The number of nitrogens with two attached hydrogens (primary N) is 1. The van der Waals surface area contributed by atoms with Crippen LogP contribution in [0.1, 0.15) is 43.7 Å². The Hall–Kier alpha value is -4.18. The minimum absolute atomic E-state index is 0.0571. The molecule has 2 heterocycles. The number of halogens is 1. The van der Waals surface area contributed by atoms with Crippen LogP contribution in [0.2, 0.25) is 0 Å². The number of benzene rings is 3. The number of primary amides is 1. The number of carbonyl (C=O) groups is 2. The fourth-order valence-corrected chi connectivity index (χ4v) is 4.87. The molecular formula is C29H28FN5O3. The molecule has 5 rings (SSSR count). The Bertz CT molecular complexity index is 1520. The summed E-state index contributed by atoms with van der Waals surface area (Å²) < 4.78 is 17.2.